The largest absolute Gasteiger partial charge is 0.389 e. The van der Waals surface area contributed by atoms with Crippen molar-refractivity contribution in [2.75, 3.05) is 6.54 Å². The molecule has 0 bridgehead atoms. The Bertz CT molecular complexity index is 776. The summed E-state index contributed by atoms with van der Waals surface area (Å²) in [5.74, 6) is -0.319. The van der Waals surface area contributed by atoms with Crippen molar-refractivity contribution in [3.8, 4) is 0 Å². The summed E-state index contributed by atoms with van der Waals surface area (Å²) in [4.78, 5) is 15.1. The van der Waals surface area contributed by atoms with Crippen LogP contribution in [0, 0.1) is 11.7 Å². The summed E-state index contributed by atoms with van der Waals surface area (Å²) in [5, 5.41) is 11.2. The first-order valence-electron chi connectivity index (χ1n) is 9.42. The molecule has 0 aromatic heterocycles. The van der Waals surface area contributed by atoms with Crippen molar-refractivity contribution in [3.63, 3.8) is 0 Å². The smallest absolute Gasteiger partial charge is 0.254 e. The van der Waals surface area contributed by atoms with E-state index in [-0.39, 0.29) is 23.7 Å². The second-order valence-corrected chi connectivity index (χ2v) is 7.57. The van der Waals surface area contributed by atoms with Crippen LogP contribution < -0.4 is 0 Å². The van der Waals surface area contributed by atoms with Gasteiger partial charge < -0.3 is 10.0 Å². The predicted molar refractivity (Wildman–Crippen MR) is 98.1 cm³/mol. The van der Waals surface area contributed by atoms with E-state index in [0.29, 0.717) is 18.5 Å². The maximum Gasteiger partial charge on any atom is 0.254 e. The Morgan fingerprint density at radius 3 is 2.50 bits per heavy atom. The van der Waals surface area contributed by atoms with Gasteiger partial charge in [-0.1, -0.05) is 43.2 Å². The maximum atomic E-state index is 13.5. The van der Waals surface area contributed by atoms with Crippen molar-refractivity contribution in [1.82, 2.24) is 4.90 Å². The minimum Gasteiger partial charge on any atom is -0.389 e. The molecule has 1 saturated heterocycles. The van der Waals surface area contributed by atoms with Crippen molar-refractivity contribution in [2.24, 2.45) is 5.92 Å². The second-order valence-electron chi connectivity index (χ2n) is 7.57. The molecule has 136 valence electrons. The van der Waals surface area contributed by atoms with E-state index >= 15 is 0 Å². The van der Waals surface area contributed by atoms with Gasteiger partial charge in [0.15, 0.2) is 0 Å². The molecule has 3 nitrogen and oxygen atoms in total. The number of carbonyl (C=O) groups is 1. The van der Waals surface area contributed by atoms with Crippen LogP contribution in [-0.2, 0) is 0 Å². The van der Waals surface area contributed by atoms with Crippen molar-refractivity contribution in [2.45, 2.75) is 43.7 Å². The molecule has 1 N–H and O–H groups in total. The van der Waals surface area contributed by atoms with Gasteiger partial charge in [-0.25, -0.2) is 4.39 Å². The molecule has 0 spiro atoms. The molecule has 26 heavy (non-hydrogen) atoms. The normalized spacial score (nSPS) is 28.5. The predicted octanol–water partition coefficient (Wildman–Crippen LogP) is 4.33. The number of nitrogens with zero attached hydrogens (tertiary/aromatic N) is 1. The highest BCUT2D eigenvalue weighted by Gasteiger charge is 2.50. The van der Waals surface area contributed by atoms with Gasteiger partial charge in [0.05, 0.1) is 11.6 Å². The fraction of sp³-hybridized carbons (Fsp3) is 0.409. The van der Waals surface area contributed by atoms with E-state index in [1.807, 2.05) is 35.2 Å². The highest BCUT2D eigenvalue weighted by Crippen LogP contribution is 2.49. The number of halogens is 1. The quantitative estimate of drug-likeness (QED) is 0.873. The molecule has 2 fully saturated rings. The molecule has 1 heterocycles. The van der Waals surface area contributed by atoms with Gasteiger partial charge in [-0.15, -0.1) is 0 Å². The molecule has 4 rings (SSSR count). The third-order valence-electron chi connectivity index (χ3n) is 6.06. The molecule has 0 unspecified atom stereocenters. The molecular formula is C22H24FNO2. The van der Waals surface area contributed by atoms with Gasteiger partial charge in [0, 0.05) is 18.0 Å². The Labute approximate surface area is 153 Å². The zero-order valence-corrected chi connectivity index (χ0v) is 14.8. The van der Waals surface area contributed by atoms with Gasteiger partial charge in [-0.05, 0) is 49.1 Å². The summed E-state index contributed by atoms with van der Waals surface area (Å²) in [6, 6.07) is 15.4. The van der Waals surface area contributed by atoms with Crippen LogP contribution in [0.15, 0.2) is 54.6 Å². The Balaban J connectivity index is 1.74. The molecule has 2 aliphatic rings. The topological polar surface area (TPSA) is 40.5 Å². The summed E-state index contributed by atoms with van der Waals surface area (Å²) >= 11 is 0. The van der Waals surface area contributed by atoms with Crippen LogP contribution in [-0.4, -0.2) is 28.1 Å². The van der Waals surface area contributed by atoms with E-state index in [0.717, 1.165) is 31.2 Å². The van der Waals surface area contributed by atoms with Gasteiger partial charge >= 0.3 is 0 Å². The third-order valence-corrected chi connectivity index (χ3v) is 6.06. The Hall–Kier alpha value is -2.20. The molecule has 1 aliphatic carbocycles. The molecule has 1 aliphatic heterocycles. The Morgan fingerprint density at radius 1 is 1.04 bits per heavy atom. The minimum absolute atomic E-state index is 0.0110. The van der Waals surface area contributed by atoms with Crippen LogP contribution in [0.5, 0.6) is 0 Å². The molecule has 1 amide bonds. The molecule has 2 aromatic rings. The molecular weight excluding hydrogens is 329 g/mol. The van der Waals surface area contributed by atoms with Gasteiger partial charge in [0.25, 0.3) is 5.91 Å². The van der Waals surface area contributed by atoms with Crippen LogP contribution in [0.25, 0.3) is 0 Å². The lowest BCUT2D eigenvalue weighted by molar-refractivity contribution is -0.115. The van der Waals surface area contributed by atoms with Gasteiger partial charge in [0.2, 0.25) is 0 Å². The van der Waals surface area contributed by atoms with Crippen LogP contribution >= 0.6 is 0 Å². The van der Waals surface area contributed by atoms with E-state index in [4.69, 9.17) is 0 Å². The van der Waals surface area contributed by atoms with Crippen LogP contribution in [0.4, 0.5) is 4.39 Å². The number of hydrogen-bond donors (Lipinski definition) is 1. The number of hydrogen-bond acceptors (Lipinski definition) is 2. The number of likely N-dealkylation sites (tertiary alicyclic amines) is 1. The van der Waals surface area contributed by atoms with Gasteiger partial charge in [-0.3, -0.25) is 4.79 Å². The first-order chi connectivity index (χ1) is 12.6. The Kier molecular flexibility index (Phi) is 4.53. The lowest BCUT2D eigenvalue weighted by atomic mass is 9.66. The molecule has 1 saturated carbocycles. The molecule has 2 aromatic carbocycles. The number of benzene rings is 2. The summed E-state index contributed by atoms with van der Waals surface area (Å²) in [6.07, 6.45) is 4.35. The average molecular weight is 353 g/mol. The maximum absolute atomic E-state index is 13.5. The Morgan fingerprint density at radius 2 is 1.77 bits per heavy atom. The number of fused-ring (bicyclic) bond motifs is 1. The number of piperidine rings is 1. The van der Waals surface area contributed by atoms with E-state index in [1.165, 1.54) is 12.1 Å². The summed E-state index contributed by atoms with van der Waals surface area (Å²) < 4.78 is 13.5. The monoisotopic (exact) mass is 353 g/mol. The van der Waals surface area contributed by atoms with Crippen molar-refractivity contribution in [3.05, 3.63) is 71.5 Å². The number of carbonyl (C=O) groups excluding carboxylic acids is 1. The fourth-order valence-corrected chi connectivity index (χ4v) is 4.73. The van der Waals surface area contributed by atoms with Gasteiger partial charge in [-0.2, -0.15) is 0 Å². The van der Waals surface area contributed by atoms with Crippen molar-refractivity contribution < 1.29 is 14.3 Å². The van der Waals surface area contributed by atoms with E-state index < -0.39 is 5.60 Å². The SMILES string of the molecule is O=C(c1ccccc1)N1CC[C@]2(O)CCCC[C@@H]2[C@H]1c1ccc(F)cc1. The van der Waals surface area contributed by atoms with Gasteiger partial charge in [0.1, 0.15) is 5.82 Å². The van der Waals surface area contributed by atoms with Crippen LogP contribution in [0.3, 0.4) is 0 Å². The lowest BCUT2D eigenvalue weighted by Gasteiger charge is -2.52. The highest BCUT2D eigenvalue weighted by atomic mass is 19.1. The zero-order valence-electron chi connectivity index (χ0n) is 14.8. The number of aliphatic hydroxyl groups is 1. The second kappa shape index (κ2) is 6.84. The fourth-order valence-electron chi connectivity index (χ4n) is 4.73. The van der Waals surface area contributed by atoms with Crippen LogP contribution in [0.1, 0.15) is 54.1 Å². The summed E-state index contributed by atoms with van der Waals surface area (Å²) in [6.45, 7) is 0.517. The van der Waals surface area contributed by atoms with Crippen LogP contribution in [0.2, 0.25) is 0 Å². The van der Waals surface area contributed by atoms with E-state index in [1.54, 1.807) is 12.1 Å². The van der Waals surface area contributed by atoms with E-state index in [9.17, 15) is 14.3 Å². The van der Waals surface area contributed by atoms with Crippen molar-refractivity contribution in [1.29, 1.82) is 0 Å². The summed E-state index contributed by atoms with van der Waals surface area (Å²) in [5.41, 5.74) is 0.826. The van der Waals surface area contributed by atoms with Crippen molar-refractivity contribution >= 4 is 5.91 Å². The summed E-state index contributed by atoms with van der Waals surface area (Å²) in [7, 11) is 0. The van der Waals surface area contributed by atoms with E-state index in [2.05, 4.69) is 0 Å². The highest BCUT2D eigenvalue weighted by molar-refractivity contribution is 5.94. The standard InChI is InChI=1S/C22H24FNO2/c23-18-11-9-16(10-12-18)20-19-8-4-5-13-22(19,26)14-15-24(20)21(25)17-6-2-1-3-7-17/h1-3,6-7,9-12,19-20,26H,4-5,8,13-15H2/t19-,20-,22-/m1/s1. The minimum atomic E-state index is -0.731. The average Bonchev–Trinajstić information content (AvgIpc) is 2.67. The molecule has 0 radical (unpaired) electrons. The number of rotatable bonds is 2. The first kappa shape index (κ1) is 17.2. The first-order valence-corrected chi connectivity index (χ1v) is 9.42. The zero-order chi connectivity index (χ0) is 18.1. The molecule has 4 heteroatoms. The number of amides is 1. The molecule has 3 atom stereocenters. The third kappa shape index (κ3) is 3.03. The lowest BCUT2D eigenvalue weighted by Crippen LogP contribution is -2.56.